The van der Waals surface area contributed by atoms with Crippen molar-refractivity contribution in [2.24, 2.45) is 0 Å². The van der Waals surface area contributed by atoms with E-state index in [1.54, 1.807) is 14.1 Å². The molecule has 0 bridgehead atoms. The highest BCUT2D eigenvalue weighted by atomic mass is 79.9. The molecule has 0 aliphatic carbocycles. The molecule has 0 aliphatic heterocycles. The summed E-state index contributed by atoms with van der Waals surface area (Å²) in [6.07, 6.45) is 0.318. The Balaban J connectivity index is 2.43. The van der Waals surface area contributed by atoms with Gasteiger partial charge in [-0.25, -0.2) is 0 Å². The van der Waals surface area contributed by atoms with Gasteiger partial charge >= 0.3 is 0 Å². The van der Waals surface area contributed by atoms with Crippen LogP contribution in [-0.4, -0.2) is 30.0 Å². The minimum absolute atomic E-state index is 0.0460. The fourth-order valence-electron chi connectivity index (χ4n) is 1.13. The van der Waals surface area contributed by atoms with Gasteiger partial charge in [-0.15, -0.1) is 11.3 Å². The number of rotatable bonds is 4. The van der Waals surface area contributed by atoms with Crippen LogP contribution in [0.2, 0.25) is 0 Å². The first-order valence-corrected chi connectivity index (χ1v) is 6.25. The lowest BCUT2D eigenvalue weighted by Crippen LogP contribution is -2.21. The molecule has 84 valence electrons. The van der Waals surface area contributed by atoms with Crippen molar-refractivity contribution in [2.45, 2.75) is 18.9 Å². The number of aliphatic hydroxyl groups excluding tert-OH is 1. The van der Waals surface area contributed by atoms with Crippen molar-refractivity contribution >= 4 is 33.2 Å². The normalized spacial score (nSPS) is 12.5. The topological polar surface area (TPSA) is 40.5 Å². The largest absolute Gasteiger partial charge is 0.388 e. The summed E-state index contributed by atoms with van der Waals surface area (Å²) < 4.78 is 0.996. The third-order valence-electron chi connectivity index (χ3n) is 2.05. The Morgan fingerprint density at radius 1 is 1.60 bits per heavy atom. The number of carbonyl (C=O) groups excluding carboxylic acids is 1. The second-order valence-corrected chi connectivity index (χ2v) is 5.98. The zero-order valence-corrected chi connectivity index (χ0v) is 11.1. The van der Waals surface area contributed by atoms with Crippen LogP contribution < -0.4 is 0 Å². The highest BCUT2D eigenvalue weighted by Gasteiger charge is 2.13. The molecule has 1 heterocycles. The minimum atomic E-state index is -0.537. The van der Waals surface area contributed by atoms with E-state index in [0.717, 1.165) is 8.66 Å². The molecule has 0 spiro atoms. The molecule has 1 N–H and O–H groups in total. The van der Waals surface area contributed by atoms with E-state index in [1.807, 2.05) is 12.1 Å². The van der Waals surface area contributed by atoms with Gasteiger partial charge in [0.15, 0.2) is 0 Å². The molecule has 5 heteroatoms. The summed E-state index contributed by atoms with van der Waals surface area (Å²) in [6.45, 7) is 0. The van der Waals surface area contributed by atoms with Gasteiger partial charge in [-0.05, 0) is 34.5 Å². The standard InChI is InChI=1S/C10H14BrNO2S/c1-12(2)10(14)6-3-7(13)8-4-5-9(11)15-8/h4-5,7,13H,3,6H2,1-2H3. The van der Waals surface area contributed by atoms with E-state index in [1.165, 1.54) is 16.2 Å². The van der Waals surface area contributed by atoms with E-state index in [4.69, 9.17) is 0 Å². The molecule has 15 heavy (non-hydrogen) atoms. The smallest absolute Gasteiger partial charge is 0.222 e. The van der Waals surface area contributed by atoms with E-state index in [-0.39, 0.29) is 5.91 Å². The van der Waals surface area contributed by atoms with Gasteiger partial charge in [-0.2, -0.15) is 0 Å². The number of halogens is 1. The lowest BCUT2D eigenvalue weighted by atomic mass is 10.1. The van der Waals surface area contributed by atoms with Crippen LogP contribution in [0.3, 0.4) is 0 Å². The second kappa shape index (κ2) is 5.63. The molecule has 1 unspecified atom stereocenters. The molecule has 0 fully saturated rings. The number of hydrogen-bond donors (Lipinski definition) is 1. The SMILES string of the molecule is CN(C)C(=O)CCC(O)c1ccc(Br)s1. The average Bonchev–Trinajstić information content (AvgIpc) is 2.60. The Labute approximate surface area is 102 Å². The Kier molecular flexibility index (Phi) is 4.76. The lowest BCUT2D eigenvalue weighted by Gasteiger charge is -2.12. The molecule has 3 nitrogen and oxygen atoms in total. The molecular formula is C10H14BrNO2S. The van der Waals surface area contributed by atoms with Crippen molar-refractivity contribution in [3.63, 3.8) is 0 Å². The van der Waals surface area contributed by atoms with Crippen molar-refractivity contribution in [1.82, 2.24) is 4.90 Å². The minimum Gasteiger partial charge on any atom is -0.388 e. The van der Waals surface area contributed by atoms with Gasteiger partial charge in [0.25, 0.3) is 0 Å². The summed E-state index contributed by atoms with van der Waals surface area (Å²) in [7, 11) is 3.44. The fraction of sp³-hybridized carbons (Fsp3) is 0.500. The number of amides is 1. The summed E-state index contributed by atoms with van der Waals surface area (Å²) in [5, 5.41) is 9.78. The first kappa shape index (κ1) is 12.7. The van der Waals surface area contributed by atoms with Crippen LogP contribution >= 0.6 is 27.3 Å². The van der Waals surface area contributed by atoms with Crippen molar-refractivity contribution in [2.75, 3.05) is 14.1 Å². The summed E-state index contributed by atoms with van der Waals surface area (Å²) in [5.41, 5.74) is 0. The van der Waals surface area contributed by atoms with Crippen LogP contribution in [0.4, 0.5) is 0 Å². The van der Waals surface area contributed by atoms with E-state index in [2.05, 4.69) is 15.9 Å². The van der Waals surface area contributed by atoms with E-state index in [9.17, 15) is 9.90 Å². The van der Waals surface area contributed by atoms with Gasteiger partial charge in [-0.1, -0.05) is 0 Å². The van der Waals surface area contributed by atoms with Crippen molar-refractivity contribution in [3.05, 3.63) is 20.8 Å². The van der Waals surface area contributed by atoms with Gasteiger partial charge in [0.05, 0.1) is 9.89 Å². The van der Waals surface area contributed by atoms with E-state index >= 15 is 0 Å². The summed E-state index contributed by atoms with van der Waals surface area (Å²) in [6, 6.07) is 3.77. The summed E-state index contributed by atoms with van der Waals surface area (Å²) in [4.78, 5) is 13.7. The maximum atomic E-state index is 11.3. The molecule has 1 amide bonds. The van der Waals surface area contributed by atoms with Gasteiger partial charge < -0.3 is 10.0 Å². The predicted octanol–water partition coefficient (Wildman–Crippen LogP) is 2.41. The van der Waals surface area contributed by atoms with E-state index in [0.29, 0.717) is 12.8 Å². The number of thiophene rings is 1. The zero-order valence-electron chi connectivity index (χ0n) is 8.74. The maximum absolute atomic E-state index is 11.3. The number of nitrogens with zero attached hydrogens (tertiary/aromatic N) is 1. The molecule has 0 saturated heterocycles. The molecule has 0 saturated carbocycles. The van der Waals surface area contributed by atoms with Crippen LogP contribution in [0, 0.1) is 0 Å². The molecule has 1 aromatic heterocycles. The quantitative estimate of drug-likeness (QED) is 0.926. The van der Waals surface area contributed by atoms with Crippen LogP contribution in [0.25, 0.3) is 0 Å². The molecule has 0 radical (unpaired) electrons. The molecule has 1 aromatic rings. The average molecular weight is 292 g/mol. The van der Waals surface area contributed by atoms with Crippen molar-refractivity contribution in [1.29, 1.82) is 0 Å². The van der Waals surface area contributed by atoms with Gasteiger partial charge in [-0.3, -0.25) is 4.79 Å². The highest BCUT2D eigenvalue weighted by molar-refractivity contribution is 9.11. The highest BCUT2D eigenvalue weighted by Crippen LogP contribution is 2.29. The Hall–Kier alpha value is -0.390. The Morgan fingerprint density at radius 2 is 2.27 bits per heavy atom. The van der Waals surface area contributed by atoms with Crippen LogP contribution in [0.1, 0.15) is 23.8 Å². The molecule has 0 aromatic carbocycles. The van der Waals surface area contributed by atoms with Gasteiger partial charge in [0.2, 0.25) is 5.91 Å². The molecular weight excluding hydrogens is 278 g/mol. The number of carbonyl (C=O) groups is 1. The molecule has 0 aliphatic rings. The zero-order chi connectivity index (χ0) is 11.4. The Morgan fingerprint density at radius 3 is 2.73 bits per heavy atom. The number of hydrogen-bond acceptors (Lipinski definition) is 3. The van der Waals surface area contributed by atoms with Crippen LogP contribution in [0.15, 0.2) is 15.9 Å². The Bertz CT molecular complexity index is 338. The number of aliphatic hydroxyl groups is 1. The first-order chi connectivity index (χ1) is 7.00. The molecule has 1 atom stereocenters. The lowest BCUT2D eigenvalue weighted by molar-refractivity contribution is -0.129. The van der Waals surface area contributed by atoms with Crippen molar-refractivity contribution < 1.29 is 9.90 Å². The third kappa shape index (κ3) is 3.93. The fourth-order valence-corrected chi connectivity index (χ4v) is 2.58. The van der Waals surface area contributed by atoms with Crippen molar-refractivity contribution in [3.8, 4) is 0 Å². The monoisotopic (exact) mass is 291 g/mol. The summed E-state index contributed by atoms with van der Waals surface area (Å²) >= 11 is 4.83. The molecule has 1 rings (SSSR count). The maximum Gasteiger partial charge on any atom is 0.222 e. The van der Waals surface area contributed by atoms with Crippen LogP contribution in [0.5, 0.6) is 0 Å². The predicted molar refractivity (Wildman–Crippen MR) is 64.9 cm³/mol. The van der Waals surface area contributed by atoms with Gasteiger partial charge in [0.1, 0.15) is 0 Å². The third-order valence-corrected chi connectivity index (χ3v) is 3.78. The van der Waals surface area contributed by atoms with Crippen LogP contribution in [-0.2, 0) is 4.79 Å². The van der Waals surface area contributed by atoms with Gasteiger partial charge in [0, 0.05) is 25.4 Å². The first-order valence-electron chi connectivity index (χ1n) is 4.64. The van der Waals surface area contributed by atoms with E-state index < -0.39 is 6.10 Å². The second-order valence-electron chi connectivity index (χ2n) is 3.48. The summed E-state index contributed by atoms with van der Waals surface area (Å²) in [5.74, 6) is 0.0460.